The van der Waals surface area contributed by atoms with Gasteiger partial charge in [0.15, 0.2) is 0 Å². The lowest BCUT2D eigenvalue weighted by atomic mass is 10.1. The quantitative estimate of drug-likeness (QED) is 0.699. The average molecular weight is 396 g/mol. The molecule has 7 nitrogen and oxygen atoms in total. The molecule has 8 heteroatoms. The summed E-state index contributed by atoms with van der Waals surface area (Å²) in [5.74, 6) is -0.958. The molecule has 29 heavy (non-hydrogen) atoms. The summed E-state index contributed by atoms with van der Waals surface area (Å²) in [4.78, 5) is 41.2. The highest BCUT2D eigenvalue weighted by Crippen LogP contribution is 2.16. The molecule has 0 radical (unpaired) electrons. The monoisotopic (exact) mass is 396 g/mol. The first kappa shape index (κ1) is 19.1. The number of para-hydroxylation sites is 1. The molecular formula is C21H21FN4O3. The standard InChI is InChI=1S/C21H21FN4O3/c1-13-11-25(9-8-23-13)20(28)16-10-14(6-7-17(16)22)12-26-18-5-3-2-4-15(18)19(27)24-21(26)29/h2-7,10,13,23H,8-9,11-12H2,1H3,(H,24,27,29)/t13-/m0/s1. The summed E-state index contributed by atoms with van der Waals surface area (Å²) in [5, 5.41) is 3.64. The fourth-order valence-electron chi connectivity index (χ4n) is 3.70. The number of aromatic nitrogens is 2. The molecular weight excluding hydrogens is 375 g/mol. The van der Waals surface area contributed by atoms with Gasteiger partial charge in [-0.25, -0.2) is 9.18 Å². The van der Waals surface area contributed by atoms with Gasteiger partial charge in [-0.15, -0.1) is 0 Å². The summed E-state index contributed by atoms with van der Waals surface area (Å²) >= 11 is 0. The molecule has 1 aromatic heterocycles. The highest BCUT2D eigenvalue weighted by Gasteiger charge is 2.24. The first-order valence-corrected chi connectivity index (χ1v) is 9.47. The normalized spacial score (nSPS) is 16.9. The Bertz CT molecular complexity index is 1200. The lowest BCUT2D eigenvalue weighted by Gasteiger charge is -2.32. The number of hydrogen-bond acceptors (Lipinski definition) is 4. The predicted molar refractivity (Wildman–Crippen MR) is 108 cm³/mol. The lowest BCUT2D eigenvalue weighted by molar-refractivity contribution is 0.0704. The Kier molecular flexibility index (Phi) is 5.02. The van der Waals surface area contributed by atoms with Crippen molar-refractivity contribution in [3.63, 3.8) is 0 Å². The molecule has 0 bridgehead atoms. The Morgan fingerprint density at radius 3 is 2.79 bits per heavy atom. The van der Waals surface area contributed by atoms with E-state index in [0.29, 0.717) is 36.1 Å². The number of benzene rings is 2. The number of halogens is 1. The number of piperazine rings is 1. The van der Waals surface area contributed by atoms with Crippen molar-refractivity contribution < 1.29 is 9.18 Å². The minimum Gasteiger partial charge on any atom is -0.336 e. The van der Waals surface area contributed by atoms with E-state index < -0.39 is 17.1 Å². The summed E-state index contributed by atoms with van der Waals surface area (Å²) in [5.41, 5.74) is 0.0523. The second-order valence-electron chi connectivity index (χ2n) is 7.28. The summed E-state index contributed by atoms with van der Waals surface area (Å²) < 4.78 is 15.8. The van der Waals surface area contributed by atoms with Gasteiger partial charge in [-0.1, -0.05) is 18.2 Å². The largest absolute Gasteiger partial charge is 0.336 e. The zero-order valence-electron chi connectivity index (χ0n) is 15.9. The maximum absolute atomic E-state index is 14.4. The Balaban J connectivity index is 1.70. The van der Waals surface area contributed by atoms with Gasteiger partial charge in [0.2, 0.25) is 0 Å². The first-order chi connectivity index (χ1) is 13.9. The number of nitrogens with one attached hydrogen (secondary N) is 2. The topological polar surface area (TPSA) is 87.2 Å². The van der Waals surface area contributed by atoms with Crippen molar-refractivity contribution in [2.24, 2.45) is 0 Å². The third kappa shape index (κ3) is 3.71. The molecule has 1 fully saturated rings. The van der Waals surface area contributed by atoms with E-state index in [1.165, 1.54) is 16.7 Å². The fourth-order valence-corrected chi connectivity index (χ4v) is 3.70. The van der Waals surface area contributed by atoms with E-state index >= 15 is 0 Å². The molecule has 1 amide bonds. The molecule has 150 valence electrons. The van der Waals surface area contributed by atoms with Crippen LogP contribution in [0.5, 0.6) is 0 Å². The minimum absolute atomic E-state index is 0.0154. The number of rotatable bonds is 3. The SMILES string of the molecule is C[C@H]1CN(C(=O)c2cc(Cn3c(=O)[nH]c(=O)c4ccccc43)ccc2F)CCN1. The van der Waals surface area contributed by atoms with Crippen LogP contribution in [-0.4, -0.2) is 46.0 Å². The fraction of sp³-hybridized carbons (Fsp3) is 0.286. The lowest BCUT2D eigenvalue weighted by Crippen LogP contribution is -2.51. The van der Waals surface area contributed by atoms with Crippen LogP contribution in [0.25, 0.3) is 10.9 Å². The molecule has 1 atom stereocenters. The highest BCUT2D eigenvalue weighted by atomic mass is 19.1. The molecule has 2 heterocycles. The Labute approximate surface area is 165 Å². The zero-order chi connectivity index (χ0) is 20.5. The van der Waals surface area contributed by atoms with Gasteiger partial charge in [0.1, 0.15) is 5.82 Å². The second kappa shape index (κ2) is 7.63. The molecule has 1 aliphatic heterocycles. The molecule has 0 spiro atoms. The molecule has 3 aromatic rings. The van der Waals surface area contributed by atoms with E-state index in [1.807, 2.05) is 6.92 Å². The van der Waals surface area contributed by atoms with Gasteiger partial charge in [-0.2, -0.15) is 0 Å². The molecule has 0 aliphatic carbocycles. The van der Waals surface area contributed by atoms with Crippen molar-refractivity contribution in [2.75, 3.05) is 19.6 Å². The van der Waals surface area contributed by atoms with Crippen LogP contribution >= 0.6 is 0 Å². The number of amides is 1. The van der Waals surface area contributed by atoms with Crippen LogP contribution in [0.2, 0.25) is 0 Å². The molecule has 2 N–H and O–H groups in total. The third-order valence-corrected chi connectivity index (χ3v) is 5.16. The average Bonchev–Trinajstić information content (AvgIpc) is 2.72. The molecule has 4 rings (SSSR count). The van der Waals surface area contributed by atoms with E-state index in [9.17, 15) is 18.8 Å². The number of nitrogens with zero attached hydrogens (tertiary/aromatic N) is 2. The van der Waals surface area contributed by atoms with Crippen molar-refractivity contribution in [3.05, 3.63) is 80.2 Å². The number of aromatic amines is 1. The Morgan fingerprint density at radius 2 is 2.00 bits per heavy atom. The van der Waals surface area contributed by atoms with Gasteiger partial charge in [-0.3, -0.25) is 19.1 Å². The van der Waals surface area contributed by atoms with Crippen LogP contribution in [-0.2, 0) is 6.54 Å². The number of fused-ring (bicyclic) bond motifs is 1. The van der Waals surface area contributed by atoms with Gasteiger partial charge in [0.25, 0.3) is 11.5 Å². The number of carbonyl (C=O) groups is 1. The van der Waals surface area contributed by atoms with Gasteiger partial charge in [0, 0.05) is 25.7 Å². The van der Waals surface area contributed by atoms with Crippen molar-refractivity contribution in [2.45, 2.75) is 19.5 Å². The summed E-state index contributed by atoms with van der Waals surface area (Å²) in [6.45, 7) is 3.75. The molecule has 1 aliphatic rings. The maximum atomic E-state index is 14.4. The van der Waals surface area contributed by atoms with E-state index in [2.05, 4.69) is 10.3 Å². The minimum atomic E-state index is -0.594. The second-order valence-corrected chi connectivity index (χ2v) is 7.28. The van der Waals surface area contributed by atoms with Crippen molar-refractivity contribution in [3.8, 4) is 0 Å². The molecule has 0 saturated carbocycles. The third-order valence-electron chi connectivity index (χ3n) is 5.16. The van der Waals surface area contributed by atoms with Crippen LogP contribution < -0.4 is 16.6 Å². The first-order valence-electron chi connectivity index (χ1n) is 9.47. The summed E-state index contributed by atoms with van der Waals surface area (Å²) in [6, 6.07) is 11.2. The summed E-state index contributed by atoms with van der Waals surface area (Å²) in [6.07, 6.45) is 0. The Hall–Kier alpha value is -3.26. The number of H-pyrrole nitrogens is 1. The molecule has 1 saturated heterocycles. The van der Waals surface area contributed by atoms with Gasteiger partial charge >= 0.3 is 5.69 Å². The van der Waals surface area contributed by atoms with Crippen LogP contribution in [0, 0.1) is 5.82 Å². The van der Waals surface area contributed by atoms with E-state index in [1.54, 1.807) is 35.2 Å². The van der Waals surface area contributed by atoms with Crippen LogP contribution in [0.4, 0.5) is 4.39 Å². The predicted octanol–water partition coefficient (Wildman–Crippen LogP) is 1.31. The molecule has 2 aromatic carbocycles. The summed E-state index contributed by atoms with van der Waals surface area (Å²) in [7, 11) is 0. The van der Waals surface area contributed by atoms with Crippen LogP contribution in [0.1, 0.15) is 22.8 Å². The molecule has 0 unspecified atom stereocenters. The van der Waals surface area contributed by atoms with Crippen molar-refractivity contribution in [1.29, 1.82) is 0 Å². The smallest absolute Gasteiger partial charge is 0.329 e. The van der Waals surface area contributed by atoms with Gasteiger partial charge in [0.05, 0.1) is 23.0 Å². The van der Waals surface area contributed by atoms with Gasteiger partial charge < -0.3 is 10.2 Å². The van der Waals surface area contributed by atoms with Crippen molar-refractivity contribution >= 4 is 16.8 Å². The number of carbonyl (C=O) groups excluding carboxylic acids is 1. The number of hydrogen-bond donors (Lipinski definition) is 2. The zero-order valence-corrected chi connectivity index (χ0v) is 15.9. The van der Waals surface area contributed by atoms with E-state index in [4.69, 9.17) is 0 Å². The van der Waals surface area contributed by atoms with E-state index in [0.717, 1.165) is 0 Å². The van der Waals surface area contributed by atoms with Crippen LogP contribution in [0.3, 0.4) is 0 Å². The van der Waals surface area contributed by atoms with E-state index in [-0.39, 0.29) is 24.1 Å². The maximum Gasteiger partial charge on any atom is 0.329 e. The van der Waals surface area contributed by atoms with Crippen molar-refractivity contribution in [1.82, 2.24) is 19.8 Å². The van der Waals surface area contributed by atoms with Gasteiger partial charge in [-0.05, 0) is 36.8 Å². The van der Waals surface area contributed by atoms with Crippen LogP contribution in [0.15, 0.2) is 52.1 Å². The Morgan fingerprint density at radius 1 is 1.21 bits per heavy atom. The highest BCUT2D eigenvalue weighted by molar-refractivity contribution is 5.94.